The second-order valence-corrected chi connectivity index (χ2v) is 4.04. The lowest BCUT2D eigenvalue weighted by Crippen LogP contribution is -2.04. The van der Waals surface area contributed by atoms with Crippen LogP contribution in [-0.4, -0.2) is 11.7 Å². The topological polar surface area (TPSA) is 55.5 Å². The normalized spacial score (nSPS) is 12.1. The van der Waals surface area contributed by atoms with Crippen molar-refractivity contribution in [3.63, 3.8) is 0 Å². The first kappa shape index (κ1) is 12.5. The minimum Gasteiger partial charge on any atom is -0.493 e. The molecular weight excluding hydrogens is 226 g/mol. The third kappa shape index (κ3) is 2.63. The second-order valence-electron chi connectivity index (χ2n) is 4.04. The number of para-hydroxylation sites is 1. The number of hydrogen-bond acceptors (Lipinski definition) is 3. The number of benzene rings is 2. The Balaban J connectivity index is 2.36. The number of ether oxygens (including phenoxy) is 1. The van der Waals surface area contributed by atoms with Crippen molar-refractivity contribution < 1.29 is 9.84 Å². The fourth-order valence-corrected chi connectivity index (χ4v) is 1.90. The summed E-state index contributed by atoms with van der Waals surface area (Å²) >= 11 is 0. The van der Waals surface area contributed by atoms with Crippen LogP contribution < -0.4 is 10.5 Å². The predicted molar refractivity (Wildman–Crippen MR) is 72.5 cm³/mol. The Morgan fingerprint density at radius 3 is 2.67 bits per heavy atom. The molecule has 0 spiro atoms. The van der Waals surface area contributed by atoms with Gasteiger partial charge in [0.1, 0.15) is 11.9 Å². The molecule has 18 heavy (non-hydrogen) atoms. The molecule has 0 saturated heterocycles. The maximum atomic E-state index is 10.4. The zero-order valence-corrected chi connectivity index (χ0v) is 10.3. The molecule has 1 atom stereocenters. The molecule has 3 heteroatoms. The van der Waals surface area contributed by atoms with Crippen LogP contribution in [-0.2, 0) is 0 Å². The quantitative estimate of drug-likeness (QED) is 0.812. The zero-order valence-electron chi connectivity index (χ0n) is 10.3. The van der Waals surface area contributed by atoms with Gasteiger partial charge in [-0.1, -0.05) is 30.3 Å². The molecule has 2 aromatic rings. The number of aliphatic hydroxyl groups is 1. The van der Waals surface area contributed by atoms with Gasteiger partial charge >= 0.3 is 0 Å². The van der Waals surface area contributed by atoms with Crippen LogP contribution in [0.25, 0.3) is 0 Å². The zero-order chi connectivity index (χ0) is 13.0. The van der Waals surface area contributed by atoms with E-state index in [2.05, 4.69) is 0 Å². The minimum absolute atomic E-state index is 0.570. The molecule has 0 saturated carbocycles. The van der Waals surface area contributed by atoms with Crippen molar-refractivity contribution in [2.24, 2.45) is 0 Å². The van der Waals surface area contributed by atoms with Gasteiger partial charge in [-0.25, -0.2) is 0 Å². The molecule has 2 rings (SSSR count). The fraction of sp³-hybridized carbons (Fsp3) is 0.200. The number of anilines is 1. The summed E-state index contributed by atoms with van der Waals surface area (Å²) in [5.74, 6) is 0.704. The Labute approximate surface area is 107 Å². The summed E-state index contributed by atoms with van der Waals surface area (Å²) in [6, 6.07) is 14.7. The lowest BCUT2D eigenvalue weighted by atomic mass is 10.0. The highest BCUT2D eigenvalue weighted by Crippen LogP contribution is 2.30. The summed E-state index contributed by atoms with van der Waals surface area (Å²) in [6.45, 7) is 2.49. The highest BCUT2D eigenvalue weighted by molar-refractivity contribution is 5.46. The van der Waals surface area contributed by atoms with Crippen LogP contribution in [0.2, 0.25) is 0 Å². The summed E-state index contributed by atoms with van der Waals surface area (Å²) in [7, 11) is 0. The molecule has 0 aromatic heterocycles. The molecule has 0 aliphatic rings. The van der Waals surface area contributed by atoms with Crippen LogP contribution in [0.15, 0.2) is 48.5 Å². The Kier molecular flexibility index (Phi) is 3.85. The van der Waals surface area contributed by atoms with Gasteiger partial charge in [-0.3, -0.25) is 0 Å². The van der Waals surface area contributed by atoms with E-state index < -0.39 is 6.10 Å². The van der Waals surface area contributed by atoms with E-state index in [1.807, 2.05) is 43.3 Å². The SMILES string of the molecule is CCOc1ccccc1C(O)c1cccc(N)c1. The Bertz CT molecular complexity index is 525. The molecule has 0 aliphatic carbocycles. The van der Waals surface area contributed by atoms with E-state index >= 15 is 0 Å². The van der Waals surface area contributed by atoms with E-state index in [4.69, 9.17) is 10.5 Å². The predicted octanol–water partition coefficient (Wildman–Crippen LogP) is 2.75. The van der Waals surface area contributed by atoms with Crippen molar-refractivity contribution in [3.8, 4) is 5.75 Å². The lowest BCUT2D eigenvalue weighted by Gasteiger charge is -2.16. The van der Waals surface area contributed by atoms with E-state index in [0.717, 1.165) is 11.1 Å². The summed E-state index contributed by atoms with van der Waals surface area (Å²) in [5, 5.41) is 10.4. The summed E-state index contributed by atoms with van der Waals surface area (Å²) < 4.78 is 5.52. The third-order valence-corrected chi connectivity index (χ3v) is 2.74. The van der Waals surface area contributed by atoms with Gasteiger partial charge in [-0.05, 0) is 30.7 Å². The molecule has 2 aromatic carbocycles. The van der Waals surface area contributed by atoms with Crippen molar-refractivity contribution >= 4 is 5.69 Å². The van der Waals surface area contributed by atoms with Crippen molar-refractivity contribution in [1.29, 1.82) is 0 Å². The van der Waals surface area contributed by atoms with Gasteiger partial charge in [0.15, 0.2) is 0 Å². The smallest absolute Gasteiger partial charge is 0.125 e. The molecule has 0 amide bonds. The van der Waals surface area contributed by atoms with Gasteiger partial charge in [0.05, 0.1) is 6.61 Å². The van der Waals surface area contributed by atoms with Gasteiger partial charge in [0, 0.05) is 11.3 Å². The molecule has 0 fully saturated rings. The Morgan fingerprint density at radius 2 is 1.94 bits per heavy atom. The number of rotatable bonds is 4. The van der Waals surface area contributed by atoms with Crippen molar-refractivity contribution in [3.05, 3.63) is 59.7 Å². The van der Waals surface area contributed by atoms with Crippen molar-refractivity contribution in [2.45, 2.75) is 13.0 Å². The van der Waals surface area contributed by atoms with E-state index in [1.54, 1.807) is 12.1 Å². The van der Waals surface area contributed by atoms with Crippen LogP contribution in [0.1, 0.15) is 24.2 Å². The molecule has 0 aliphatic heterocycles. The fourth-order valence-electron chi connectivity index (χ4n) is 1.90. The molecule has 0 bridgehead atoms. The molecule has 94 valence electrons. The molecule has 3 nitrogen and oxygen atoms in total. The lowest BCUT2D eigenvalue weighted by molar-refractivity contribution is 0.212. The van der Waals surface area contributed by atoms with Crippen LogP contribution >= 0.6 is 0 Å². The first-order valence-electron chi connectivity index (χ1n) is 5.97. The maximum absolute atomic E-state index is 10.4. The van der Waals surface area contributed by atoms with Crippen molar-refractivity contribution in [1.82, 2.24) is 0 Å². The number of nitrogens with two attached hydrogens (primary N) is 1. The highest BCUT2D eigenvalue weighted by atomic mass is 16.5. The van der Waals surface area contributed by atoms with Gasteiger partial charge in [-0.15, -0.1) is 0 Å². The maximum Gasteiger partial charge on any atom is 0.125 e. The average molecular weight is 243 g/mol. The van der Waals surface area contributed by atoms with Crippen LogP contribution in [0.4, 0.5) is 5.69 Å². The summed E-state index contributed by atoms with van der Waals surface area (Å²) in [5.41, 5.74) is 7.89. The van der Waals surface area contributed by atoms with E-state index in [1.165, 1.54) is 0 Å². The second kappa shape index (κ2) is 5.56. The van der Waals surface area contributed by atoms with Gasteiger partial charge in [0.2, 0.25) is 0 Å². The molecule has 0 radical (unpaired) electrons. The molecule has 1 unspecified atom stereocenters. The number of hydrogen-bond donors (Lipinski definition) is 2. The largest absolute Gasteiger partial charge is 0.493 e. The van der Waals surface area contributed by atoms with Gasteiger partial charge in [-0.2, -0.15) is 0 Å². The van der Waals surface area contributed by atoms with E-state index in [-0.39, 0.29) is 0 Å². The number of nitrogen functional groups attached to an aromatic ring is 1. The standard InChI is InChI=1S/C15H17NO2/c1-2-18-14-9-4-3-8-13(14)15(17)11-6-5-7-12(16)10-11/h3-10,15,17H,2,16H2,1H3. The van der Waals surface area contributed by atoms with Gasteiger partial charge < -0.3 is 15.6 Å². The monoisotopic (exact) mass is 243 g/mol. The van der Waals surface area contributed by atoms with Crippen LogP contribution in [0.5, 0.6) is 5.75 Å². The molecule has 0 heterocycles. The first-order chi connectivity index (χ1) is 8.72. The van der Waals surface area contributed by atoms with Crippen molar-refractivity contribution in [2.75, 3.05) is 12.3 Å². The molecular formula is C15H17NO2. The van der Waals surface area contributed by atoms with Gasteiger partial charge in [0.25, 0.3) is 0 Å². The molecule has 3 N–H and O–H groups in total. The van der Waals surface area contributed by atoms with Crippen LogP contribution in [0, 0.1) is 0 Å². The average Bonchev–Trinajstić information content (AvgIpc) is 2.39. The van der Waals surface area contributed by atoms with E-state index in [9.17, 15) is 5.11 Å². The van der Waals surface area contributed by atoms with E-state index in [0.29, 0.717) is 18.0 Å². The third-order valence-electron chi connectivity index (χ3n) is 2.74. The highest BCUT2D eigenvalue weighted by Gasteiger charge is 2.15. The van der Waals surface area contributed by atoms with Crippen LogP contribution in [0.3, 0.4) is 0 Å². The Hall–Kier alpha value is -2.00. The minimum atomic E-state index is -0.726. The number of aliphatic hydroxyl groups excluding tert-OH is 1. The summed E-state index contributed by atoms with van der Waals surface area (Å²) in [6.07, 6.45) is -0.726. The summed E-state index contributed by atoms with van der Waals surface area (Å²) in [4.78, 5) is 0. The first-order valence-corrected chi connectivity index (χ1v) is 5.97. The Morgan fingerprint density at radius 1 is 1.17 bits per heavy atom.